The molecule has 0 amide bonds. The molecule has 5 nitrogen and oxygen atoms in total. The second kappa shape index (κ2) is 10.4. The molecule has 0 saturated heterocycles. The van der Waals surface area contributed by atoms with Crippen molar-refractivity contribution in [3.8, 4) is 34.1 Å². The van der Waals surface area contributed by atoms with Crippen molar-refractivity contribution in [3.05, 3.63) is 157 Å². The maximum absolute atomic E-state index is 9.72. The molecule has 0 aliphatic rings. The van der Waals surface area contributed by atoms with Crippen LogP contribution in [0.3, 0.4) is 0 Å². The fourth-order valence-corrected chi connectivity index (χ4v) is 7.94. The van der Waals surface area contributed by atoms with Gasteiger partial charge in [-0.3, -0.25) is 0 Å². The Morgan fingerprint density at radius 2 is 1.24 bits per heavy atom. The highest BCUT2D eigenvalue weighted by Gasteiger charge is 2.22. The molecule has 11 rings (SSSR count). The molecule has 5 heteroatoms. The van der Waals surface area contributed by atoms with E-state index in [4.69, 9.17) is 13.8 Å². The summed E-state index contributed by atoms with van der Waals surface area (Å²) in [5.41, 5.74) is 12.0. The maximum Gasteiger partial charge on any atom is 0.147 e. The molecule has 236 valence electrons. The molecule has 0 radical (unpaired) electrons. The molecule has 0 atom stereocenters. The lowest BCUT2D eigenvalue weighted by Crippen LogP contribution is -1.93. The zero-order valence-corrected chi connectivity index (χ0v) is 27.1. The minimum absolute atomic E-state index is 0.637. The highest BCUT2D eigenvalue weighted by Crippen LogP contribution is 2.44. The standard InChI is InChI=1S/C46H25N3O2/c47-26-27-17-19-32-35-25-29(18-21-37(35)49(38(32)23-27)31-11-2-1-3-12-31)28-9-8-10-30(24-28)45-43-34-14-5-7-16-40(34)51-46(43)44-36(48-45)20-22-41-42(44)33-13-4-6-15-39(33)50-41/h1-25H. The predicted octanol–water partition coefficient (Wildman–Crippen LogP) is 12.3. The van der Waals surface area contributed by atoms with Crippen LogP contribution in [-0.2, 0) is 0 Å². The normalized spacial score (nSPS) is 11.9. The first kappa shape index (κ1) is 27.8. The van der Waals surface area contributed by atoms with E-state index in [1.807, 2.05) is 72.8 Å². The van der Waals surface area contributed by atoms with Gasteiger partial charge in [0.1, 0.15) is 22.3 Å². The number of fused-ring (bicyclic) bond motifs is 12. The van der Waals surface area contributed by atoms with Crippen molar-refractivity contribution in [2.24, 2.45) is 0 Å². The third kappa shape index (κ3) is 3.99. The number of nitriles is 1. The summed E-state index contributed by atoms with van der Waals surface area (Å²) in [4.78, 5) is 5.38. The smallest absolute Gasteiger partial charge is 0.147 e. The van der Waals surface area contributed by atoms with Gasteiger partial charge in [-0.1, -0.05) is 84.9 Å². The molecule has 7 aromatic carbocycles. The van der Waals surface area contributed by atoms with Gasteiger partial charge in [0, 0.05) is 38.2 Å². The van der Waals surface area contributed by atoms with Gasteiger partial charge >= 0.3 is 0 Å². The second-order valence-corrected chi connectivity index (χ2v) is 13.0. The zero-order chi connectivity index (χ0) is 33.6. The van der Waals surface area contributed by atoms with E-state index >= 15 is 0 Å². The van der Waals surface area contributed by atoms with Crippen LogP contribution in [0.4, 0.5) is 0 Å². The van der Waals surface area contributed by atoms with Crippen LogP contribution in [0.25, 0.3) is 105 Å². The van der Waals surface area contributed by atoms with Gasteiger partial charge < -0.3 is 13.4 Å². The summed E-state index contributed by atoms with van der Waals surface area (Å²) in [5.74, 6) is 0. The summed E-state index contributed by atoms with van der Waals surface area (Å²) in [6.07, 6.45) is 0. The van der Waals surface area contributed by atoms with Gasteiger partial charge in [-0.25, -0.2) is 4.98 Å². The second-order valence-electron chi connectivity index (χ2n) is 13.0. The molecule has 0 N–H and O–H groups in total. The Morgan fingerprint density at radius 3 is 2.08 bits per heavy atom. The molecule has 51 heavy (non-hydrogen) atoms. The molecule has 0 unspecified atom stereocenters. The molecular weight excluding hydrogens is 627 g/mol. The van der Waals surface area contributed by atoms with Crippen LogP contribution < -0.4 is 0 Å². The number of nitrogens with zero attached hydrogens (tertiary/aromatic N) is 3. The Balaban J connectivity index is 1.15. The minimum atomic E-state index is 0.637. The molecule has 11 aromatic rings. The Bertz CT molecular complexity index is 3270. The largest absolute Gasteiger partial charge is 0.456 e. The van der Waals surface area contributed by atoms with Crippen molar-refractivity contribution in [3.63, 3.8) is 0 Å². The Kier molecular flexibility index (Phi) is 5.67. The van der Waals surface area contributed by atoms with Crippen LogP contribution in [0.5, 0.6) is 0 Å². The van der Waals surface area contributed by atoms with Crippen molar-refractivity contribution in [2.45, 2.75) is 0 Å². The number of benzene rings is 7. The van der Waals surface area contributed by atoms with Crippen molar-refractivity contribution in [2.75, 3.05) is 0 Å². The fraction of sp³-hybridized carbons (Fsp3) is 0. The molecular formula is C46H25N3O2. The fourth-order valence-electron chi connectivity index (χ4n) is 7.94. The number of hydrogen-bond donors (Lipinski definition) is 0. The van der Waals surface area contributed by atoms with E-state index in [-0.39, 0.29) is 0 Å². The quantitative estimate of drug-likeness (QED) is 0.191. The van der Waals surface area contributed by atoms with Crippen LogP contribution in [0.1, 0.15) is 5.56 Å². The van der Waals surface area contributed by atoms with Crippen molar-refractivity contribution < 1.29 is 8.83 Å². The number of aromatic nitrogens is 2. The first-order chi connectivity index (χ1) is 25.2. The van der Waals surface area contributed by atoms with E-state index in [2.05, 4.69) is 89.5 Å². The molecule has 0 bridgehead atoms. The van der Waals surface area contributed by atoms with E-state index in [1.165, 1.54) is 0 Å². The minimum Gasteiger partial charge on any atom is -0.456 e. The molecule has 4 heterocycles. The number of furan rings is 2. The SMILES string of the molecule is N#Cc1ccc2c3cc(-c4cccc(-c5nc6ccc7oc8ccccc8c7c6c6oc7ccccc7c56)c4)ccc3n(-c3ccccc3)c2c1. The topological polar surface area (TPSA) is 67.9 Å². The van der Waals surface area contributed by atoms with Gasteiger partial charge in [0.25, 0.3) is 0 Å². The summed E-state index contributed by atoms with van der Waals surface area (Å²) in [5, 5.41) is 17.0. The lowest BCUT2D eigenvalue weighted by molar-refractivity contribution is 0.667. The Morgan fingerprint density at radius 1 is 0.490 bits per heavy atom. The molecule has 0 aliphatic heterocycles. The maximum atomic E-state index is 9.72. The van der Waals surface area contributed by atoms with Gasteiger partial charge in [-0.15, -0.1) is 0 Å². The van der Waals surface area contributed by atoms with Gasteiger partial charge in [-0.05, 0) is 77.9 Å². The summed E-state index contributed by atoms with van der Waals surface area (Å²) in [7, 11) is 0. The van der Waals surface area contributed by atoms with Gasteiger partial charge in [0.15, 0.2) is 0 Å². The highest BCUT2D eigenvalue weighted by atomic mass is 16.3. The lowest BCUT2D eigenvalue weighted by Gasteiger charge is -2.10. The zero-order valence-electron chi connectivity index (χ0n) is 27.1. The predicted molar refractivity (Wildman–Crippen MR) is 206 cm³/mol. The molecule has 0 aliphatic carbocycles. The first-order valence-electron chi connectivity index (χ1n) is 16.9. The third-order valence-electron chi connectivity index (χ3n) is 10.2. The van der Waals surface area contributed by atoms with Crippen molar-refractivity contribution in [1.82, 2.24) is 9.55 Å². The Hall–Kier alpha value is -7.16. The molecule has 0 fully saturated rings. The monoisotopic (exact) mass is 651 g/mol. The van der Waals surface area contributed by atoms with E-state index in [9.17, 15) is 5.26 Å². The molecule has 0 spiro atoms. The highest BCUT2D eigenvalue weighted by molar-refractivity contribution is 6.29. The van der Waals surface area contributed by atoms with Crippen LogP contribution in [0.2, 0.25) is 0 Å². The van der Waals surface area contributed by atoms with Crippen LogP contribution in [0.15, 0.2) is 160 Å². The summed E-state index contributed by atoms with van der Waals surface area (Å²) >= 11 is 0. The molecule has 0 saturated carbocycles. The van der Waals surface area contributed by atoms with Crippen molar-refractivity contribution >= 4 is 76.6 Å². The first-order valence-corrected chi connectivity index (χ1v) is 16.9. The van der Waals surface area contributed by atoms with Crippen LogP contribution in [-0.4, -0.2) is 9.55 Å². The summed E-state index contributed by atoms with van der Waals surface area (Å²) < 4.78 is 15.2. The third-order valence-corrected chi connectivity index (χ3v) is 10.2. The summed E-state index contributed by atoms with van der Waals surface area (Å²) in [6.45, 7) is 0. The number of pyridine rings is 1. The van der Waals surface area contributed by atoms with E-state index in [1.54, 1.807) is 0 Å². The number of hydrogen-bond acceptors (Lipinski definition) is 4. The van der Waals surface area contributed by atoms with Gasteiger partial charge in [0.2, 0.25) is 0 Å². The van der Waals surface area contributed by atoms with Gasteiger partial charge in [-0.2, -0.15) is 5.26 Å². The Labute approximate surface area is 290 Å². The van der Waals surface area contributed by atoms with Crippen molar-refractivity contribution in [1.29, 1.82) is 5.26 Å². The lowest BCUT2D eigenvalue weighted by atomic mass is 9.96. The van der Waals surface area contributed by atoms with Crippen LogP contribution >= 0.6 is 0 Å². The number of para-hydroxylation sites is 3. The molecule has 4 aromatic heterocycles. The van der Waals surface area contributed by atoms with E-state index < -0.39 is 0 Å². The van der Waals surface area contributed by atoms with Crippen LogP contribution in [0, 0.1) is 11.3 Å². The van der Waals surface area contributed by atoms with Gasteiger partial charge in [0.05, 0.1) is 44.6 Å². The number of rotatable bonds is 3. The average molecular weight is 652 g/mol. The average Bonchev–Trinajstić information content (AvgIpc) is 3.87. The van der Waals surface area contributed by atoms with E-state index in [0.29, 0.717) is 5.56 Å². The van der Waals surface area contributed by atoms with E-state index in [0.717, 1.165) is 105 Å². The summed E-state index contributed by atoms with van der Waals surface area (Å²) in [6, 6.07) is 54.2.